The zero-order valence-electron chi connectivity index (χ0n) is 13.0. The molecule has 0 aliphatic rings. The van der Waals surface area contributed by atoms with Gasteiger partial charge in [0.05, 0.1) is 19.1 Å². The number of sulfonamides is 1. The predicted molar refractivity (Wildman–Crippen MR) is 82.2 cm³/mol. The van der Waals surface area contributed by atoms with Gasteiger partial charge in [-0.1, -0.05) is 13.8 Å². The first-order valence-corrected chi connectivity index (χ1v) is 8.32. The van der Waals surface area contributed by atoms with Crippen molar-refractivity contribution in [1.29, 1.82) is 0 Å². The molecule has 1 rings (SSSR count). The van der Waals surface area contributed by atoms with Gasteiger partial charge in [-0.25, -0.2) is 13.1 Å². The highest BCUT2D eigenvalue weighted by Gasteiger charge is 2.31. The molecule has 0 radical (unpaired) electrons. The Hall–Kier alpha value is -1.31. The zero-order chi connectivity index (χ0) is 16.1. The van der Waals surface area contributed by atoms with Gasteiger partial charge in [-0.2, -0.15) is 0 Å². The fourth-order valence-electron chi connectivity index (χ4n) is 2.05. The molecule has 0 bridgehead atoms. The SMILES string of the molecule is CCC(CC)(CN)NS(=O)(=O)c1ccc(OC)c(OC)c1. The molecular formula is C14H24N2O4S. The maximum atomic E-state index is 12.5. The lowest BCUT2D eigenvalue weighted by Crippen LogP contribution is -2.52. The number of nitrogens with two attached hydrogens (primary N) is 1. The summed E-state index contributed by atoms with van der Waals surface area (Å²) in [6.07, 6.45) is 1.24. The Morgan fingerprint density at radius 2 is 1.71 bits per heavy atom. The molecule has 0 saturated carbocycles. The van der Waals surface area contributed by atoms with Gasteiger partial charge in [0.1, 0.15) is 0 Å². The Morgan fingerprint density at radius 3 is 2.14 bits per heavy atom. The van der Waals surface area contributed by atoms with Crippen LogP contribution in [0.2, 0.25) is 0 Å². The van der Waals surface area contributed by atoms with Crippen molar-refractivity contribution in [3.8, 4) is 11.5 Å². The lowest BCUT2D eigenvalue weighted by Gasteiger charge is -2.31. The van der Waals surface area contributed by atoms with Crippen molar-refractivity contribution in [1.82, 2.24) is 4.72 Å². The predicted octanol–water partition coefficient (Wildman–Crippen LogP) is 1.50. The van der Waals surface area contributed by atoms with Crippen LogP contribution in [0, 0.1) is 0 Å². The van der Waals surface area contributed by atoms with Crippen LogP contribution in [0.15, 0.2) is 23.1 Å². The summed E-state index contributed by atoms with van der Waals surface area (Å²) < 4.78 is 38.0. The summed E-state index contributed by atoms with van der Waals surface area (Å²) in [7, 11) is -0.717. The number of benzene rings is 1. The summed E-state index contributed by atoms with van der Waals surface area (Å²) in [5.74, 6) is 0.847. The number of hydrogen-bond donors (Lipinski definition) is 2. The molecule has 1 aromatic rings. The molecule has 0 spiro atoms. The Bertz CT molecular complexity index is 560. The standard InChI is InChI=1S/C14H24N2O4S/c1-5-14(6-2,10-15)16-21(17,18)11-7-8-12(19-3)13(9-11)20-4/h7-9,16H,5-6,10,15H2,1-4H3. The van der Waals surface area contributed by atoms with Crippen LogP contribution < -0.4 is 19.9 Å². The van der Waals surface area contributed by atoms with Crippen molar-refractivity contribution in [3.05, 3.63) is 18.2 Å². The second-order valence-electron chi connectivity index (χ2n) is 4.81. The second kappa shape index (κ2) is 7.11. The van der Waals surface area contributed by atoms with Gasteiger partial charge in [0, 0.05) is 18.2 Å². The van der Waals surface area contributed by atoms with Crippen LogP contribution in [0.1, 0.15) is 26.7 Å². The number of nitrogens with one attached hydrogen (secondary N) is 1. The van der Waals surface area contributed by atoms with Crippen molar-refractivity contribution in [3.63, 3.8) is 0 Å². The van der Waals surface area contributed by atoms with Crippen LogP contribution >= 0.6 is 0 Å². The first kappa shape index (κ1) is 17.7. The number of methoxy groups -OCH3 is 2. The van der Waals surface area contributed by atoms with Gasteiger partial charge in [-0.05, 0) is 25.0 Å². The molecule has 0 atom stereocenters. The normalized spacial score (nSPS) is 12.2. The Kier molecular flexibility index (Phi) is 6.00. The van der Waals surface area contributed by atoms with Gasteiger partial charge in [-0.3, -0.25) is 0 Å². The van der Waals surface area contributed by atoms with E-state index in [2.05, 4.69) is 4.72 Å². The zero-order valence-corrected chi connectivity index (χ0v) is 13.8. The highest BCUT2D eigenvalue weighted by Crippen LogP contribution is 2.30. The van der Waals surface area contributed by atoms with Gasteiger partial charge < -0.3 is 15.2 Å². The maximum absolute atomic E-state index is 12.5. The Balaban J connectivity index is 3.19. The molecule has 3 N–H and O–H groups in total. The van der Waals surface area contributed by atoms with Crippen molar-refractivity contribution in [2.24, 2.45) is 5.73 Å². The van der Waals surface area contributed by atoms with Crippen LogP contribution in [-0.2, 0) is 10.0 Å². The summed E-state index contributed by atoms with van der Waals surface area (Å²) in [4.78, 5) is 0.125. The fourth-order valence-corrected chi connectivity index (χ4v) is 3.62. The molecule has 21 heavy (non-hydrogen) atoms. The first-order chi connectivity index (χ1) is 9.87. The van der Waals surface area contributed by atoms with Gasteiger partial charge in [-0.15, -0.1) is 0 Å². The summed E-state index contributed by atoms with van der Waals surface area (Å²) in [5, 5.41) is 0. The molecule has 0 amide bonds. The lowest BCUT2D eigenvalue weighted by molar-refractivity contribution is 0.352. The van der Waals surface area contributed by atoms with Gasteiger partial charge >= 0.3 is 0 Å². The van der Waals surface area contributed by atoms with E-state index >= 15 is 0 Å². The third-order valence-electron chi connectivity index (χ3n) is 3.76. The number of rotatable bonds is 8. The smallest absolute Gasteiger partial charge is 0.241 e. The quantitative estimate of drug-likeness (QED) is 0.758. The fraction of sp³-hybridized carbons (Fsp3) is 0.571. The van der Waals surface area contributed by atoms with Crippen LogP contribution in [-0.4, -0.2) is 34.7 Å². The van der Waals surface area contributed by atoms with Gasteiger partial charge in [0.2, 0.25) is 10.0 Å². The molecule has 0 fully saturated rings. The van der Waals surface area contributed by atoms with Crippen molar-refractivity contribution < 1.29 is 17.9 Å². The second-order valence-corrected chi connectivity index (χ2v) is 6.50. The third kappa shape index (κ3) is 3.87. The summed E-state index contributed by atoms with van der Waals surface area (Å²) in [6.45, 7) is 4.06. The van der Waals surface area contributed by atoms with E-state index in [4.69, 9.17) is 15.2 Å². The average Bonchev–Trinajstić information content (AvgIpc) is 2.51. The highest BCUT2D eigenvalue weighted by atomic mass is 32.2. The van der Waals surface area contributed by atoms with Crippen molar-refractivity contribution >= 4 is 10.0 Å². The topological polar surface area (TPSA) is 90.7 Å². The minimum atomic E-state index is -3.68. The van der Waals surface area contributed by atoms with Crippen LogP contribution in [0.4, 0.5) is 0 Å². The molecule has 7 heteroatoms. The average molecular weight is 316 g/mol. The van der Waals surface area contributed by atoms with E-state index in [9.17, 15) is 8.42 Å². The van der Waals surface area contributed by atoms with Gasteiger partial charge in [0.25, 0.3) is 0 Å². The highest BCUT2D eigenvalue weighted by molar-refractivity contribution is 7.89. The van der Waals surface area contributed by atoms with E-state index in [1.165, 1.54) is 26.4 Å². The van der Waals surface area contributed by atoms with E-state index in [0.717, 1.165) is 0 Å². The summed E-state index contributed by atoms with van der Waals surface area (Å²) >= 11 is 0. The lowest BCUT2D eigenvalue weighted by atomic mass is 9.95. The molecule has 0 aliphatic carbocycles. The molecule has 0 aromatic heterocycles. The molecule has 0 saturated heterocycles. The largest absolute Gasteiger partial charge is 0.493 e. The maximum Gasteiger partial charge on any atom is 0.241 e. The minimum absolute atomic E-state index is 0.125. The van der Waals surface area contributed by atoms with Crippen molar-refractivity contribution in [2.45, 2.75) is 37.1 Å². The van der Waals surface area contributed by atoms with E-state index in [-0.39, 0.29) is 11.4 Å². The molecule has 120 valence electrons. The summed E-state index contributed by atoms with van der Waals surface area (Å²) in [6, 6.07) is 4.49. The third-order valence-corrected chi connectivity index (χ3v) is 5.34. The first-order valence-electron chi connectivity index (χ1n) is 6.84. The van der Waals surface area contributed by atoms with Gasteiger partial charge in [0.15, 0.2) is 11.5 Å². The summed E-state index contributed by atoms with van der Waals surface area (Å²) in [5.41, 5.74) is 5.11. The van der Waals surface area contributed by atoms with E-state index in [1.54, 1.807) is 6.07 Å². The van der Waals surface area contributed by atoms with E-state index in [1.807, 2.05) is 13.8 Å². The molecule has 0 aliphatic heterocycles. The molecular weight excluding hydrogens is 292 g/mol. The Morgan fingerprint density at radius 1 is 1.14 bits per heavy atom. The van der Waals surface area contributed by atoms with E-state index < -0.39 is 15.6 Å². The molecule has 0 heterocycles. The minimum Gasteiger partial charge on any atom is -0.493 e. The van der Waals surface area contributed by atoms with Crippen LogP contribution in [0.3, 0.4) is 0 Å². The van der Waals surface area contributed by atoms with Crippen molar-refractivity contribution in [2.75, 3.05) is 20.8 Å². The molecule has 0 unspecified atom stereocenters. The van der Waals surface area contributed by atoms with Crippen LogP contribution in [0.5, 0.6) is 11.5 Å². The Labute approximate surface area is 126 Å². The monoisotopic (exact) mass is 316 g/mol. The van der Waals surface area contributed by atoms with E-state index in [0.29, 0.717) is 24.3 Å². The van der Waals surface area contributed by atoms with Crippen LogP contribution in [0.25, 0.3) is 0 Å². The number of hydrogen-bond acceptors (Lipinski definition) is 5. The number of ether oxygens (including phenoxy) is 2. The molecule has 1 aromatic carbocycles. The molecule has 6 nitrogen and oxygen atoms in total.